The summed E-state index contributed by atoms with van der Waals surface area (Å²) >= 11 is 0. The van der Waals surface area contributed by atoms with E-state index >= 15 is 0 Å². The SMILES string of the molecule is Cc1ccc(NC(=O)CC2NC3CCCCC3NC2=O)c(C)c1. The monoisotopic (exact) mass is 315 g/mol. The molecule has 2 aliphatic rings. The Morgan fingerprint density at radius 3 is 2.70 bits per heavy atom. The summed E-state index contributed by atoms with van der Waals surface area (Å²) in [6, 6.07) is 6.03. The highest BCUT2D eigenvalue weighted by Crippen LogP contribution is 2.22. The average molecular weight is 315 g/mol. The van der Waals surface area contributed by atoms with Crippen molar-refractivity contribution in [2.75, 3.05) is 5.32 Å². The normalized spacial score (nSPS) is 27.0. The molecule has 23 heavy (non-hydrogen) atoms. The van der Waals surface area contributed by atoms with Crippen molar-refractivity contribution in [3.05, 3.63) is 29.3 Å². The highest BCUT2D eigenvalue weighted by atomic mass is 16.2. The zero-order valence-corrected chi connectivity index (χ0v) is 13.8. The molecule has 1 heterocycles. The molecule has 1 aromatic rings. The quantitative estimate of drug-likeness (QED) is 0.799. The summed E-state index contributed by atoms with van der Waals surface area (Å²) < 4.78 is 0. The number of aryl methyl sites for hydroxylation is 2. The number of carbonyl (C=O) groups excluding carboxylic acids is 2. The van der Waals surface area contributed by atoms with E-state index in [4.69, 9.17) is 0 Å². The number of amides is 2. The standard InChI is InChI=1S/C18H25N3O2/c1-11-7-8-13(12(2)9-11)20-17(22)10-16-18(23)21-15-6-4-3-5-14(15)19-16/h7-9,14-16,19H,3-6,10H2,1-2H3,(H,20,22)(H,21,23). The first kappa shape index (κ1) is 16.0. The lowest BCUT2D eigenvalue weighted by molar-refractivity contribution is -0.129. The second-order valence-electron chi connectivity index (χ2n) is 6.80. The first-order chi connectivity index (χ1) is 11.0. The van der Waals surface area contributed by atoms with E-state index in [1.807, 2.05) is 32.0 Å². The molecule has 2 fully saturated rings. The largest absolute Gasteiger partial charge is 0.350 e. The van der Waals surface area contributed by atoms with Crippen molar-refractivity contribution in [3.8, 4) is 0 Å². The van der Waals surface area contributed by atoms with Crippen molar-refractivity contribution in [3.63, 3.8) is 0 Å². The molecule has 1 saturated heterocycles. The Kier molecular flexibility index (Phi) is 4.66. The molecule has 1 aromatic carbocycles. The predicted octanol–water partition coefficient (Wildman–Crippen LogP) is 2.03. The molecule has 1 aliphatic carbocycles. The van der Waals surface area contributed by atoms with Crippen LogP contribution in [-0.4, -0.2) is 29.9 Å². The Morgan fingerprint density at radius 2 is 1.96 bits per heavy atom. The van der Waals surface area contributed by atoms with Gasteiger partial charge in [-0.15, -0.1) is 0 Å². The van der Waals surface area contributed by atoms with Crippen LogP contribution in [-0.2, 0) is 9.59 Å². The predicted molar refractivity (Wildman–Crippen MR) is 90.3 cm³/mol. The summed E-state index contributed by atoms with van der Waals surface area (Å²) in [5.41, 5.74) is 3.01. The van der Waals surface area contributed by atoms with Gasteiger partial charge in [0.25, 0.3) is 0 Å². The van der Waals surface area contributed by atoms with Gasteiger partial charge >= 0.3 is 0 Å². The number of piperazine rings is 1. The van der Waals surface area contributed by atoms with Crippen LogP contribution in [0.4, 0.5) is 5.69 Å². The van der Waals surface area contributed by atoms with Crippen LogP contribution in [0.5, 0.6) is 0 Å². The average Bonchev–Trinajstić information content (AvgIpc) is 2.51. The van der Waals surface area contributed by atoms with Crippen LogP contribution in [0, 0.1) is 13.8 Å². The van der Waals surface area contributed by atoms with Gasteiger partial charge in [0.05, 0.1) is 12.5 Å². The van der Waals surface area contributed by atoms with Gasteiger partial charge < -0.3 is 16.0 Å². The van der Waals surface area contributed by atoms with Crippen molar-refractivity contribution in [1.29, 1.82) is 0 Å². The Hall–Kier alpha value is -1.88. The molecule has 2 amide bonds. The Morgan fingerprint density at radius 1 is 1.22 bits per heavy atom. The third-order valence-corrected chi connectivity index (χ3v) is 4.87. The molecule has 0 bridgehead atoms. The fourth-order valence-electron chi connectivity index (χ4n) is 3.61. The molecule has 3 N–H and O–H groups in total. The maximum absolute atomic E-state index is 12.3. The van der Waals surface area contributed by atoms with Crippen LogP contribution in [0.25, 0.3) is 0 Å². The van der Waals surface area contributed by atoms with E-state index in [9.17, 15) is 9.59 Å². The second-order valence-corrected chi connectivity index (χ2v) is 6.80. The summed E-state index contributed by atoms with van der Waals surface area (Å²) in [5, 5.41) is 9.37. The van der Waals surface area contributed by atoms with E-state index in [1.165, 1.54) is 12.8 Å². The Bertz CT molecular complexity index is 614. The van der Waals surface area contributed by atoms with Crippen molar-refractivity contribution in [2.45, 2.75) is 64.1 Å². The number of anilines is 1. The van der Waals surface area contributed by atoms with Crippen LogP contribution in [0.3, 0.4) is 0 Å². The van der Waals surface area contributed by atoms with E-state index in [0.717, 1.165) is 29.7 Å². The van der Waals surface area contributed by atoms with Gasteiger partial charge in [0.15, 0.2) is 0 Å². The number of carbonyl (C=O) groups is 2. The smallest absolute Gasteiger partial charge is 0.237 e. The Labute approximate surface area is 137 Å². The first-order valence-corrected chi connectivity index (χ1v) is 8.46. The summed E-state index contributed by atoms with van der Waals surface area (Å²) in [4.78, 5) is 24.5. The molecule has 0 radical (unpaired) electrons. The number of nitrogens with one attached hydrogen (secondary N) is 3. The van der Waals surface area contributed by atoms with Crippen LogP contribution in [0.2, 0.25) is 0 Å². The van der Waals surface area contributed by atoms with Gasteiger partial charge in [0, 0.05) is 17.8 Å². The molecule has 3 rings (SSSR count). The van der Waals surface area contributed by atoms with Crippen LogP contribution < -0.4 is 16.0 Å². The number of hydrogen-bond donors (Lipinski definition) is 3. The van der Waals surface area contributed by atoms with Crippen molar-refractivity contribution in [2.24, 2.45) is 0 Å². The first-order valence-electron chi connectivity index (χ1n) is 8.46. The van der Waals surface area contributed by atoms with Gasteiger partial charge in [0.1, 0.15) is 0 Å². The molecular weight excluding hydrogens is 290 g/mol. The third-order valence-electron chi connectivity index (χ3n) is 4.87. The van der Waals surface area contributed by atoms with Crippen LogP contribution in [0.1, 0.15) is 43.2 Å². The van der Waals surface area contributed by atoms with Gasteiger partial charge in [-0.1, -0.05) is 30.5 Å². The van der Waals surface area contributed by atoms with Crippen molar-refractivity contribution < 1.29 is 9.59 Å². The van der Waals surface area contributed by atoms with Gasteiger partial charge in [0.2, 0.25) is 11.8 Å². The van der Waals surface area contributed by atoms with Crippen molar-refractivity contribution >= 4 is 17.5 Å². The molecule has 0 spiro atoms. The molecule has 3 unspecified atom stereocenters. The van der Waals surface area contributed by atoms with Crippen LogP contribution in [0.15, 0.2) is 18.2 Å². The highest BCUT2D eigenvalue weighted by molar-refractivity contribution is 5.96. The number of benzene rings is 1. The van der Waals surface area contributed by atoms with Crippen molar-refractivity contribution in [1.82, 2.24) is 10.6 Å². The minimum absolute atomic E-state index is 0.0519. The number of rotatable bonds is 3. The summed E-state index contributed by atoms with van der Waals surface area (Å²) in [6.07, 6.45) is 4.62. The number of hydrogen-bond acceptors (Lipinski definition) is 3. The molecule has 1 aliphatic heterocycles. The van der Waals surface area contributed by atoms with Gasteiger partial charge in [-0.2, -0.15) is 0 Å². The zero-order valence-electron chi connectivity index (χ0n) is 13.8. The molecule has 5 heteroatoms. The summed E-state index contributed by atoms with van der Waals surface area (Å²) in [6.45, 7) is 4.00. The highest BCUT2D eigenvalue weighted by Gasteiger charge is 2.36. The fourth-order valence-corrected chi connectivity index (χ4v) is 3.61. The van der Waals surface area contributed by atoms with E-state index in [0.29, 0.717) is 6.04 Å². The lowest BCUT2D eigenvalue weighted by Gasteiger charge is -2.40. The minimum atomic E-state index is -0.430. The van der Waals surface area contributed by atoms with Crippen LogP contribution >= 0.6 is 0 Å². The van der Waals surface area contributed by atoms with Gasteiger partial charge in [-0.3, -0.25) is 9.59 Å². The molecule has 1 saturated carbocycles. The molecule has 3 atom stereocenters. The fraction of sp³-hybridized carbons (Fsp3) is 0.556. The summed E-state index contributed by atoms with van der Waals surface area (Å²) in [7, 11) is 0. The molecule has 5 nitrogen and oxygen atoms in total. The van der Waals surface area contributed by atoms with E-state index in [-0.39, 0.29) is 24.3 Å². The second kappa shape index (κ2) is 6.71. The third kappa shape index (κ3) is 3.72. The minimum Gasteiger partial charge on any atom is -0.350 e. The summed E-state index contributed by atoms with van der Waals surface area (Å²) in [5.74, 6) is -0.178. The van der Waals surface area contributed by atoms with Gasteiger partial charge in [-0.05, 0) is 38.3 Å². The maximum Gasteiger partial charge on any atom is 0.237 e. The number of fused-ring (bicyclic) bond motifs is 1. The molecule has 0 aromatic heterocycles. The molecular formula is C18H25N3O2. The Balaban J connectivity index is 1.59. The van der Waals surface area contributed by atoms with E-state index < -0.39 is 6.04 Å². The zero-order chi connectivity index (χ0) is 16.4. The lowest BCUT2D eigenvalue weighted by Crippen LogP contribution is -2.65. The topological polar surface area (TPSA) is 70.2 Å². The lowest BCUT2D eigenvalue weighted by atomic mass is 9.87. The maximum atomic E-state index is 12.3. The van der Waals surface area contributed by atoms with Gasteiger partial charge in [-0.25, -0.2) is 0 Å². The van der Waals surface area contributed by atoms with E-state index in [2.05, 4.69) is 16.0 Å². The van der Waals surface area contributed by atoms with E-state index in [1.54, 1.807) is 0 Å². The molecule has 124 valence electrons.